The topological polar surface area (TPSA) is 23.8 Å². The number of rotatable bonds is 4. The van der Waals surface area contributed by atoms with Crippen molar-refractivity contribution in [2.24, 2.45) is 0 Å². The van der Waals surface area contributed by atoms with Gasteiger partial charge in [-0.2, -0.15) is 5.26 Å². The molecule has 0 fully saturated rings. The van der Waals surface area contributed by atoms with Crippen molar-refractivity contribution in [2.45, 2.75) is 29.9 Å². The van der Waals surface area contributed by atoms with E-state index in [2.05, 4.69) is 0 Å². The van der Waals surface area contributed by atoms with Gasteiger partial charge in [0.1, 0.15) is 11.6 Å². The van der Waals surface area contributed by atoms with Gasteiger partial charge in [0.25, 0.3) is 0 Å². The first kappa shape index (κ1) is 12.0. The van der Waals surface area contributed by atoms with Crippen LogP contribution in [0.4, 0.5) is 8.78 Å². The summed E-state index contributed by atoms with van der Waals surface area (Å²) in [5.41, 5.74) is 0. The molecule has 0 aromatic heterocycles. The summed E-state index contributed by atoms with van der Waals surface area (Å²) in [4.78, 5) is 0.275. The summed E-state index contributed by atoms with van der Waals surface area (Å²) >= 11 is 1.22. The van der Waals surface area contributed by atoms with E-state index in [0.29, 0.717) is 6.42 Å². The molecule has 1 atom stereocenters. The predicted octanol–water partition coefficient (Wildman–Crippen LogP) is 3.75. The molecule has 0 spiro atoms. The molecular weight excluding hydrogens is 216 g/mol. The highest BCUT2D eigenvalue weighted by Crippen LogP contribution is 2.29. The molecule has 0 amide bonds. The van der Waals surface area contributed by atoms with E-state index >= 15 is 0 Å². The van der Waals surface area contributed by atoms with E-state index in [9.17, 15) is 8.78 Å². The fourth-order valence-corrected chi connectivity index (χ4v) is 2.16. The molecule has 0 saturated carbocycles. The molecule has 0 bridgehead atoms. The lowest BCUT2D eigenvalue weighted by Gasteiger charge is -2.10. The molecule has 1 nitrogen and oxygen atoms in total. The van der Waals surface area contributed by atoms with Crippen LogP contribution in [0.3, 0.4) is 0 Å². The highest BCUT2D eigenvalue weighted by Gasteiger charge is 2.11. The maximum absolute atomic E-state index is 13.2. The monoisotopic (exact) mass is 227 g/mol. The summed E-state index contributed by atoms with van der Waals surface area (Å²) in [6.07, 6.45) is 1.10. The van der Waals surface area contributed by atoms with E-state index in [1.807, 2.05) is 13.0 Å². The van der Waals surface area contributed by atoms with Gasteiger partial charge in [-0.3, -0.25) is 0 Å². The first-order valence-electron chi connectivity index (χ1n) is 4.66. The first-order valence-corrected chi connectivity index (χ1v) is 5.54. The Balaban J connectivity index is 2.78. The van der Waals surface area contributed by atoms with Gasteiger partial charge in [-0.25, -0.2) is 8.78 Å². The summed E-state index contributed by atoms with van der Waals surface area (Å²) in [5, 5.41) is 8.56. The summed E-state index contributed by atoms with van der Waals surface area (Å²) < 4.78 is 26.1. The highest BCUT2D eigenvalue weighted by atomic mass is 32.2. The van der Waals surface area contributed by atoms with Gasteiger partial charge >= 0.3 is 0 Å². The molecular formula is C11H11F2NS. The van der Waals surface area contributed by atoms with Gasteiger partial charge in [0.15, 0.2) is 0 Å². The molecule has 0 aliphatic rings. The number of thioether (sulfide) groups is 1. The molecule has 1 aromatic carbocycles. The molecule has 0 heterocycles. The van der Waals surface area contributed by atoms with Gasteiger partial charge in [-0.15, -0.1) is 11.8 Å². The SMILES string of the molecule is CCC(CC#N)Sc1cc(F)ccc1F. The largest absolute Gasteiger partial charge is 0.207 e. The minimum absolute atomic E-state index is 0.0197. The Hall–Kier alpha value is -1.08. The fraction of sp³-hybridized carbons (Fsp3) is 0.364. The zero-order valence-corrected chi connectivity index (χ0v) is 9.15. The normalized spacial score (nSPS) is 12.1. The smallest absolute Gasteiger partial charge is 0.136 e. The van der Waals surface area contributed by atoms with E-state index in [-0.39, 0.29) is 10.1 Å². The van der Waals surface area contributed by atoms with Gasteiger partial charge in [-0.1, -0.05) is 6.92 Å². The van der Waals surface area contributed by atoms with E-state index in [1.54, 1.807) is 0 Å². The van der Waals surface area contributed by atoms with Crippen molar-refractivity contribution in [3.05, 3.63) is 29.8 Å². The Labute approximate surface area is 92.1 Å². The van der Waals surface area contributed by atoms with Crippen LogP contribution in [0.15, 0.2) is 23.1 Å². The Morgan fingerprint density at radius 3 is 2.80 bits per heavy atom. The zero-order valence-electron chi connectivity index (χ0n) is 8.34. The highest BCUT2D eigenvalue weighted by molar-refractivity contribution is 8.00. The van der Waals surface area contributed by atoms with Crippen molar-refractivity contribution in [1.29, 1.82) is 5.26 Å². The number of hydrogen-bond donors (Lipinski definition) is 0. The summed E-state index contributed by atoms with van der Waals surface area (Å²) in [6.45, 7) is 1.92. The number of nitrogens with zero attached hydrogens (tertiary/aromatic N) is 1. The van der Waals surface area contributed by atoms with E-state index in [0.717, 1.165) is 18.6 Å². The molecule has 1 rings (SSSR count). The minimum Gasteiger partial charge on any atom is -0.207 e. The first-order chi connectivity index (χ1) is 7.17. The fourth-order valence-electron chi connectivity index (χ4n) is 1.12. The molecule has 0 aliphatic carbocycles. The quantitative estimate of drug-likeness (QED) is 0.731. The molecule has 0 saturated heterocycles. The molecule has 1 unspecified atom stereocenters. The molecule has 1 aromatic rings. The molecule has 0 aliphatic heterocycles. The second-order valence-corrected chi connectivity index (χ2v) is 4.43. The maximum Gasteiger partial charge on any atom is 0.136 e. The van der Waals surface area contributed by atoms with Gasteiger partial charge in [0.05, 0.1) is 6.07 Å². The van der Waals surface area contributed by atoms with Crippen LogP contribution in [0, 0.1) is 23.0 Å². The predicted molar refractivity (Wildman–Crippen MR) is 56.5 cm³/mol. The number of halogens is 2. The van der Waals surface area contributed by atoms with Crippen LogP contribution in [0.2, 0.25) is 0 Å². The van der Waals surface area contributed by atoms with Crippen LogP contribution >= 0.6 is 11.8 Å². The number of hydrogen-bond acceptors (Lipinski definition) is 2. The summed E-state index contributed by atoms with van der Waals surface area (Å²) in [7, 11) is 0. The van der Waals surface area contributed by atoms with Crippen molar-refractivity contribution in [3.8, 4) is 6.07 Å². The number of benzene rings is 1. The van der Waals surface area contributed by atoms with Crippen molar-refractivity contribution in [1.82, 2.24) is 0 Å². The third-order valence-corrected chi connectivity index (χ3v) is 3.36. The molecule has 80 valence electrons. The average molecular weight is 227 g/mol. The van der Waals surface area contributed by atoms with Crippen LogP contribution < -0.4 is 0 Å². The second-order valence-electron chi connectivity index (χ2n) is 3.09. The van der Waals surface area contributed by atoms with Gasteiger partial charge < -0.3 is 0 Å². The lowest BCUT2D eigenvalue weighted by molar-refractivity contribution is 0.576. The zero-order chi connectivity index (χ0) is 11.3. The van der Waals surface area contributed by atoms with Crippen molar-refractivity contribution >= 4 is 11.8 Å². The van der Waals surface area contributed by atoms with Gasteiger partial charge in [-0.05, 0) is 24.6 Å². The molecule has 0 radical (unpaired) electrons. The van der Waals surface area contributed by atoms with Gasteiger partial charge in [0.2, 0.25) is 0 Å². The Kier molecular flexibility index (Phi) is 4.57. The van der Waals surface area contributed by atoms with Crippen LogP contribution in [0.25, 0.3) is 0 Å². The summed E-state index contributed by atoms with van der Waals surface area (Å²) in [5.74, 6) is -0.886. The standard InChI is InChI=1S/C11H11F2NS/c1-2-9(5-6-14)15-11-7-8(12)3-4-10(11)13/h3-4,7,9H,2,5H2,1H3. The average Bonchev–Trinajstić information content (AvgIpc) is 2.22. The van der Waals surface area contributed by atoms with Crippen LogP contribution in [-0.4, -0.2) is 5.25 Å². The third-order valence-electron chi connectivity index (χ3n) is 1.96. The van der Waals surface area contributed by atoms with E-state index in [1.165, 1.54) is 17.8 Å². The Morgan fingerprint density at radius 2 is 2.20 bits per heavy atom. The van der Waals surface area contributed by atoms with E-state index < -0.39 is 11.6 Å². The van der Waals surface area contributed by atoms with Crippen molar-refractivity contribution < 1.29 is 8.78 Å². The molecule has 0 N–H and O–H groups in total. The lowest BCUT2D eigenvalue weighted by Crippen LogP contribution is -1.99. The Bertz CT molecular complexity index is 373. The van der Waals surface area contributed by atoms with Crippen molar-refractivity contribution in [2.75, 3.05) is 0 Å². The van der Waals surface area contributed by atoms with Crippen LogP contribution in [0.5, 0.6) is 0 Å². The van der Waals surface area contributed by atoms with Gasteiger partial charge in [0, 0.05) is 16.6 Å². The second kappa shape index (κ2) is 5.72. The third kappa shape index (κ3) is 3.52. The molecule has 4 heteroatoms. The Morgan fingerprint density at radius 1 is 1.47 bits per heavy atom. The van der Waals surface area contributed by atoms with Crippen molar-refractivity contribution in [3.63, 3.8) is 0 Å². The van der Waals surface area contributed by atoms with Crippen LogP contribution in [-0.2, 0) is 0 Å². The maximum atomic E-state index is 13.2. The van der Waals surface area contributed by atoms with Crippen LogP contribution in [0.1, 0.15) is 19.8 Å². The van der Waals surface area contributed by atoms with E-state index in [4.69, 9.17) is 5.26 Å². The lowest BCUT2D eigenvalue weighted by atomic mass is 10.3. The summed E-state index contributed by atoms with van der Waals surface area (Å²) in [6, 6.07) is 5.40. The minimum atomic E-state index is -0.453. The number of nitriles is 1. The molecule has 15 heavy (non-hydrogen) atoms.